The second kappa shape index (κ2) is 9.28. The van der Waals surface area contributed by atoms with Crippen molar-refractivity contribution in [3.8, 4) is 11.5 Å². The Kier molecular flexibility index (Phi) is 6.26. The van der Waals surface area contributed by atoms with Gasteiger partial charge in [0.25, 0.3) is 5.91 Å². The lowest BCUT2D eigenvalue weighted by atomic mass is 10.1. The molecule has 0 fully saturated rings. The van der Waals surface area contributed by atoms with Crippen LogP contribution in [0.1, 0.15) is 27.4 Å². The molecule has 0 aliphatic rings. The quantitative estimate of drug-likeness (QED) is 0.382. The average molecular weight is 452 g/mol. The number of methoxy groups -OCH3 is 2. The molecule has 0 spiro atoms. The van der Waals surface area contributed by atoms with E-state index < -0.39 is 17.5 Å². The number of benzene rings is 3. The smallest absolute Gasteiger partial charge is 0.258 e. The van der Waals surface area contributed by atoms with E-state index in [-0.39, 0.29) is 35.9 Å². The monoisotopic (exact) mass is 452 g/mol. The third-order valence-corrected chi connectivity index (χ3v) is 5.21. The van der Waals surface area contributed by atoms with Gasteiger partial charge in [-0.1, -0.05) is 6.07 Å². The number of carbonyl (C=O) groups is 1. The molecule has 4 aromatic rings. The summed E-state index contributed by atoms with van der Waals surface area (Å²) in [5.41, 5.74) is 2.50. The number of oxazole rings is 1. The molecular weight excluding hydrogens is 430 g/mol. The highest BCUT2D eigenvalue weighted by Gasteiger charge is 2.24. The molecule has 0 N–H and O–H groups in total. The van der Waals surface area contributed by atoms with E-state index in [2.05, 4.69) is 4.98 Å². The van der Waals surface area contributed by atoms with Crippen molar-refractivity contribution in [2.24, 2.45) is 0 Å². The zero-order valence-corrected chi connectivity index (χ0v) is 18.4. The van der Waals surface area contributed by atoms with Crippen LogP contribution in [0.15, 0.2) is 59.0 Å². The summed E-state index contributed by atoms with van der Waals surface area (Å²) in [6.07, 6.45) is 0. The first-order valence-corrected chi connectivity index (χ1v) is 10.2. The lowest BCUT2D eigenvalue weighted by Crippen LogP contribution is -2.31. The van der Waals surface area contributed by atoms with Crippen molar-refractivity contribution in [1.29, 1.82) is 0 Å². The Balaban J connectivity index is 1.73. The van der Waals surface area contributed by atoms with Crippen LogP contribution in [0, 0.1) is 18.6 Å². The summed E-state index contributed by atoms with van der Waals surface area (Å²) >= 11 is 0. The first-order chi connectivity index (χ1) is 15.9. The zero-order chi connectivity index (χ0) is 23.5. The summed E-state index contributed by atoms with van der Waals surface area (Å²) in [7, 11) is 2.94. The Morgan fingerprint density at radius 3 is 2.58 bits per heavy atom. The second-order valence-electron chi connectivity index (χ2n) is 7.54. The minimum absolute atomic E-state index is 0.0304. The van der Waals surface area contributed by atoms with E-state index in [0.717, 1.165) is 23.8 Å². The van der Waals surface area contributed by atoms with Crippen LogP contribution < -0.4 is 9.47 Å². The van der Waals surface area contributed by atoms with Crippen molar-refractivity contribution in [2.75, 3.05) is 14.2 Å². The number of ether oxygens (including phenoxy) is 2. The molecule has 1 amide bonds. The summed E-state index contributed by atoms with van der Waals surface area (Å²) in [5, 5.41) is 0. The minimum Gasteiger partial charge on any atom is -0.497 e. The molecule has 0 saturated carbocycles. The third-order valence-electron chi connectivity index (χ3n) is 5.21. The van der Waals surface area contributed by atoms with Crippen molar-refractivity contribution in [3.63, 3.8) is 0 Å². The van der Waals surface area contributed by atoms with Crippen LogP contribution in [0.2, 0.25) is 0 Å². The van der Waals surface area contributed by atoms with Gasteiger partial charge in [0.05, 0.1) is 26.3 Å². The lowest BCUT2D eigenvalue weighted by molar-refractivity contribution is 0.0710. The molecule has 0 unspecified atom stereocenters. The highest BCUT2D eigenvalue weighted by Crippen LogP contribution is 2.28. The van der Waals surface area contributed by atoms with Gasteiger partial charge in [0.2, 0.25) is 5.89 Å². The number of hydrogen-bond donors (Lipinski definition) is 0. The highest BCUT2D eigenvalue weighted by atomic mass is 19.1. The molecule has 0 radical (unpaired) electrons. The first-order valence-electron chi connectivity index (χ1n) is 10.2. The maximum absolute atomic E-state index is 14.4. The molecule has 0 bridgehead atoms. The Labute approximate surface area is 189 Å². The lowest BCUT2D eigenvalue weighted by Gasteiger charge is -2.23. The molecule has 6 nitrogen and oxygen atoms in total. The summed E-state index contributed by atoms with van der Waals surface area (Å²) in [6.45, 7) is 1.68. The number of aromatic nitrogens is 1. The number of carbonyl (C=O) groups excluding carboxylic acids is 1. The van der Waals surface area contributed by atoms with Crippen LogP contribution in [0.25, 0.3) is 11.1 Å². The zero-order valence-electron chi connectivity index (χ0n) is 18.4. The van der Waals surface area contributed by atoms with Gasteiger partial charge in [-0.2, -0.15) is 0 Å². The van der Waals surface area contributed by atoms with Crippen LogP contribution in [-0.2, 0) is 13.1 Å². The van der Waals surface area contributed by atoms with Gasteiger partial charge in [-0.05, 0) is 55.0 Å². The van der Waals surface area contributed by atoms with Crippen molar-refractivity contribution >= 4 is 17.0 Å². The first kappa shape index (κ1) is 22.3. The molecule has 0 aliphatic carbocycles. The van der Waals surface area contributed by atoms with E-state index >= 15 is 0 Å². The molecular formula is C25H22F2N2O4. The molecule has 0 saturated heterocycles. The predicted molar refractivity (Wildman–Crippen MR) is 118 cm³/mol. The molecule has 0 aliphatic heterocycles. The highest BCUT2D eigenvalue weighted by molar-refractivity contribution is 5.97. The van der Waals surface area contributed by atoms with Crippen LogP contribution in [0.3, 0.4) is 0 Å². The van der Waals surface area contributed by atoms with Gasteiger partial charge in [0.15, 0.2) is 5.58 Å². The molecule has 8 heteroatoms. The average Bonchev–Trinajstić information content (AvgIpc) is 3.21. The standard InChI is InChI=1S/C25H22F2N2O4/c1-15-4-9-22-21(10-15)28-24(33-22)14-29(13-16-11-17(26)5-8-20(16)27)25(30)19-7-6-18(31-2)12-23(19)32-3/h4-12H,13-14H2,1-3H3. The van der Waals surface area contributed by atoms with Crippen LogP contribution in [0.5, 0.6) is 11.5 Å². The number of hydrogen-bond acceptors (Lipinski definition) is 5. The van der Waals surface area contributed by atoms with E-state index in [4.69, 9.17) is 13.9 Å². The SMILES string of the molecule is COc1ccc(C(=O)N(Cc2nc3cc(C)ccc3o2)Cc2cc(F)ccc2F)c(OC)c1. The Morgan fingerprint density at radius 2 is 1.82 bits per heavy atom. The number of rotatable bonds is 7. The van der Waals surface area contributed by atoms with Gasteiger partial charge in [-0.15, -0.1) is 0 Å². The van der Waals surface area contributed by atoms with Gasteiger partial charge in [-0.25, -0.2) is 13.8 Å². The summed E-state index contributed by atoms with van der Waals surface area (Å²) in [4.78, 5) is 19.3. The summed E-state index contributed by atoms with van der Waals surface area (Å²) in [5.74, 6) is -0.607. The van der Waals surface area contributed by atoms with E-state index in [1.54, 1.807) is 24.3 Å². The van der Waals surface area contributed by atoms with E-state index in [1.807, 2.05) is 19.1 Å². The van der Waals surface area contributed by atoms with Crippen molar-refractivity contribution in [3.05, 3.63) is 88.8 Å². The molecule has 33 heavy (non-hydrogen) atoms. The topological polar surface area (TPSA) is 64.8 Å². The van der Waals surface area contributed by atoms with Gasteiger partial charge in [0.1, 0.15) is 28.7 Å². The molecule has 1 heterocycles. The van der Waals surface area contributed by atoms with Crippen LogP contribution in [0.4, 0.5) is 8.78 Å². The molecule has 3 aromatic carbocycles. The molecule has 4 rings (SSSR count). The number of halogens is 2. The number of nitrogens with zero attached hydrogens (tertiary/aromatic N) is 2. The Morgan fingerprint density at radius 1 is 1.00 bits per heavy atom. The second-order valence-corrected chi connectivity index (χ2v) is 7.54. The summed E-state index contributed by atoms with van der Waals surface area (Å²) < 4.78 is 44.6. The fraction of sp³-hybridized carbons (Fsp3) is 0.200. The number of aryl methyl sites for hydroxylation is 1. The van der Waals surface area contributed by atoms with Gasteiger partial charge < -0.3 is 18.8 Å². The number of fused-ring (bicyclic) bond motifs is 1. The predicted octanol–water partition coefficient (Wildman–Crippen LogP) is 5.27. The minimum atomic E-state index is -0.621. The van der Waals surface area contributed by atoms with Gasteiger partial charge in [0, 0.05) is 18.2 Å². The fourth-order valence-electron chi connectivity index (χ4n) is 3.53. The van der Waals surface area contributed by atoms with Crippen molar-refractivity contribution in [1.82, 2.24) is 9.88 Å². The van der Waals surface area contributed by atoms with Crippen molar-refractivity contribution in [2.45, 2.75) is 20.0 Å². The molecule has 170 valence electrons. The van der Waals surface area contributed by atoms with Gasteiger partial charge >= 0.3 is 0 Å². The normalized spacial score (nSPS) is 10.9. The van der Waals surface area contributed by atoms with Crippen LogP contribution in [-0.4, -0.2) is 30.0 Å². The van der Waals surface area contributed by atoms with E-state index in [9.17, 15) is 13.6 Å². The fourth-order valence-corrected chi connectivity index (χ4v) is 3.53. The van der Waals surface area contributed by atoms with Crippen LogP contribution >= 0.6 is 0 Å². The molecule has 0 atom stereocenters. The maximum Gasteiger partial charge on any atom is 0.258 e. The summed E-state index contributed by atoms with van der Waals surface area (Å²) in [6, 6.07) is 13.4. The number of amides is 1. The van der Waals surface area contributed by atoms with Gasteiger partial charge in [-0.3, -0.25) is 4.79 Å². The van der Waals surface area contributed by atoms with Crippen molar-refractivity contribution < 1.29 is 27.5 Å². The van der Waals surface area contributed by atoms with E-state index in [0.29, 0.717) is 16.8 Å². The van der Waals surface area contributed by atoms with E-state index in [1.165, 1.54) is 19.1 Å². The Hall–Kier alpha value is -3.94. The Bertz CT molecular complexity index is 1320. The largest absolute Gasteiger partial charge is 0.497 e. The maximum atomic E-state index is 14.4. The molecule has 1 aromatic heterocycles. The third kappa shape index (κ3) is 4.79.